The van der Waals surface area contributed by atoms with Crippen molar-refractivity contribution in [3.05, 3.63) is 94.5 Å². The van der Waals surface area contributed by atoms with Gasteiger partial charge in [-0.25, -0.2) is 8.42 Å². The molecule has 3 aromatic rings. The van der Waals surface area contributed by atoms with Crippen LogP contribution in [0.4, 0.5) is 5.69 Å². The molecule has 2 N–H and O–H groups in total. The van der Waals surface area contributed by atoms with Gasteiger partial charge < -0.3 is 5.32 Å². The Morgan fingerprint density at radius 1 is 0.964 bits per heavy atom. The van der Waals surface area contributed by atoms with Crippen molar-refractivity contribution in [3.63, 3.8) is 0 Å². The highest BCUT2D eigenvalue weighted by molar-refractivity contribution is 7.92. The number of benzene rings is 3. The van der Waals surface area contributed by atoms with E-state index in [9.17, 15) is 13.2 Å². The second-order valence-corrected chi connectivity index (χ2v) is 8.37. The summed E-state index contributed by atoms with van der Waals surface area (Å²) in [6.07, 6.45) is 0. The minimum absolute atomic E-state index is 0.144. The summed E-state index contributed by atoms with van der Waals surface area (Å²) in [5, 5.41) is 2.97. The third-order valence-electron chi connectivity index (χ3n) is 4.09. The van der Waals surface area contributed by atoms with Crippen LogP contribution < -0.4 is 10.0 Å². The molecule has 0 aliphatic heterocycles. The van der Waals surface area contributed by atoms with Crippen molar-refractivity contribution in [1.82, 2.24) is 5.32 Å². The molecular formula is C21H19ClN2O3S. The van der Waals surface area contributed by atoms with Crippen LogP contribution in [0.5, 0.6) is 0 Å². The van der Waals surface area contributed by atoms with Gasteiger partial charge in [-0.2, -0.15) is 0 Å². The molecule has 5 nitrogen and oxygen atoms in total. The van der Waals surface area contributed by atoms with Gasteiger partial charge in [-0.3, -0.25) is 9.52 Å². The first-order valence-corrected chi connectivity index (χ1v) is 10.4. The molecule has 0 fully saturated rings. The van der Waals surface area contributed by atoms with Gasteiger partial charge in [0.25, 0.3) is 15.9 Å². The largest absolute Gasteiger partial charge is 0.348 e. The molecule has 0 radical (unpaired) electrons. The number of amides is 1. The molecule has 0 spiro atoms. The highest BCUT2D eigenvalue weighted by Gasteiger charge is 2.16. The highest BCUT2D eigenvalue weighted by Crippen LogP contribution is 2.23. The zero-order valence-electron chi connectivity index (χ0n) is 15.1. The van der Waals surface area contributed by atoms with Gasteiger partial charge in [0.15, 0.2) is 0 Å². The van der Waals surface area contributed by atoms with Crippen molar-refractivity contribution in [2.45, 2.75) is 18.4 Å². The molecule has 0 aliphatic carbocycles. The number of aryl methyl sites for hydroxylation is 1. The van der Waals surface area contributed by atoms with E-state index in [1.807, 2.05) is 31.2 Å². The zero-order chi connectivity index (χ0) is 20.1. The van der Waals surface area contributed by atoms with Gasteiger partial charge in [0.2, 0.25) is 0 Å². The standard InChI is InChI=1S/C21H19ClN2O3S/c1-15-7-9-16(10-8-15)14-23-21(25)19-12-11-17(13-20(19)22)24-28(26,27)18-5-3-2-4-6-18/h2-13,24H,14H2,1H3,(H,23,25). The lowest BCUT2D eigenvalue weighted by molar-refractivity contribution is 0.0951. The summed E-state index contributed by atoms with van der Waals surface area (Å²) in [4.78, 5) is 12.5. The number of nitrogens with one attached hydrogen (secondary N) is 2. The fourth-order valence-electron chi connectivity index (χ4n) is 2.56. The van der Waals surface area contributed by atoms with Crippen LogP contribution in [-0.4, -0.2) is 14.3 Å². The minimum Gasteiger partial charge on any atom is -0.348 e. The van der Waals surface area contributed by atoms with Crippen molar-refractivity contribution < 1.29 is 13.2 Å². The number of carbonyl (C=O) groups excluding carboxylic acids is 1. The maximum atomic E-state index is 12.4. The van der Waals surface area contributed by atoms with Gasteiger partial charge in [0.1, 0.15) is 0 Å². The van der Waals surface area contributed by atoms with Crippen molar-refractivity contribution in [2.75, 3.05) is 4.72 Å². The summed E-state index contributed by atoms with van der Waals surface area (Å²) in [5.41, 5.74) is 2.68. The van der Waals surface area contributed by atoms with Crippen LogP contribution in [0.3, 0.4) is 0 Å². The Morgan fingerprint density at radius 3 is 2.29 bits per heavy atom. The van der Waals surface area contributed by atoms with Gasteiger partial charge in [0.05, 0.1) is 21.2 Å². The Morgan fingerprint density at radius 2 is 1.64 bits per heavy atom. The van der Waals surface area contributed by atoms with E-state index in [2.05, 4.69) is 10.0 Å². The quantitative estimate of drug-likeness (QED) is 0.628. The summed E-state index contributed by atoms with van der Waals surface area (Å²) < 4.78 is 27.2. The van der Waals surface area contributed by atoms with Gasteiger partial charge in [0, 0.05) is 6.54 Å². The lowest BCUT2D eigenvalue weighted by atomic mass is 10.1. The van der Waals surface area contributed by atoms with Crippen LogP contribution in [0.1, 0.15) is 21.5 Å². The smallest absolute Gasteiger partial charge is 0.261 e. The number of halogens is 1. The lowest BCUT2D eigenvalue weighted by Crippen LogP contribution is -2.23. The van der Waals surface area contributed by atoms with Crippen LogP contribution in [0.15, 0.2) is 77.7 Å². The summed E-state index contributed by atoms with van der Waals surface area (Å²) in [5.74, 6) is -0.331. The number of hydrogen-bond acceptors (Lipinski definition) is 3. The molecule has 3 aromatic carbocycles. The van der Waals surface area contributed by atoms with E-state index in [0.717, 1.165) is 11.1 Å². The highest BCUT2D eigenvalue weighted by atomic mass is 35.5. The first kappa shape index (κ1) is 19.9. The second-order valence-electron chi connectivity index (χ2n) is 6.28. The Hall–Kier alpha value is -2.83. The zero-order valence-corrected chi connectivity index (χ0v) is 16.7. The summed E-state index contributed by atoms with van der Waals surface area (Å²) in [7, 11) is -3.72. The molecule has 0 saturated heterocycles. The number of sulfonamides is 1. The number of carbonyl (C=O) groups is 1. The molecule has 0 aliphatic rings. The molecule has 144 valence electrons. The lowest BCUT2D eigenvalue weighted by Gasteiger charge is -2.11. The number of hydrogen-bond donors (Lipinski definition) is 2. The van der Waals surface area contributed by atoms with Crippen molar-refractivity contribution in [3.8, 4) is 0 Å². The van der Waals surface area contributed by atoms with Crippen LogP contribution in [0, 0.1) is 6.92 Å². The SMILES string of the molecule is Cc1ccc(CNC(=O)c2ccc(NS(=O)(=O)c3ccccc3)cc2Cl)cc1. The molecule has 3 rings (SSSR count). The summed E-state index contributed by atoms with van der Waals surface area (Å²) >= 11 is 6.21. The molecule has 7 heteroatoms. The molecule has 0 bridgehead atoms. The first-order valence-electron chi connectivity index (χ1n) is 8.56. The topological polar surface area (TPSA) is 75.3 Å². The number of rotatable bonds is 6. The Kier molecular flexibility index (Phi) is 6.02. The average molecular weight is 415 g/mol. The van der Waals surface area contributed by atoms with Crippen LogP contribution in [0.25, 0.3) is 0 Å². The predicted molar refractivity (Wildman–Crippen MR) is 111 cm³/mol. The Labute approximate surface area is 169 Å². The normalized spacial score (nSPS) is 11.1. The van der Waals surface area contributed by atoms with Gasteiger partial charge >= 0.3 is 0 Å². The van der Waals surface area contributed by atoms with Crippen LogP contribution in [0.2, 0.25) is 5.02 Å². The van der Waals surface area contributed by atoms with Gasteiger partial charge in [-0.1, -0.05) is 59.6 Å². The van der Waals surface area contributed by atoms with Crippen molar-refractivity contribution in [1.29, 1.82) is 0 Å². The van der Waals surface area contributed by atoms with E-state index in [1.165, 1.54) is 30.3 Å². The van der Waals surface area contributed by atoms with Crippen LogP contribution >= 0.6 is 11.6 Å². The molecule has 28 heavy (non-hydrogen) atoms. The van der Waals surface area contributed by atoms with E-state index in [4.69, 9.17) is 11.6 Å². The van der Waals surface area contributed by atoms with Crippen molar-refractivity contribution >= 4 is 33.2 Å². The predicted octanol–water partition coefficient (Wildman–Crippen LogP) is 4.38. The molecule has 0 atom stereocenters. The molecule has 0 unspecified atom stereocenters. The van der Waals surface area contributed by atoms with E-state index in [-0.39, 0.29) is 27.1 Å². The van der Waals surface area contributed by atoms with E-state index >= 15 is 0 Å². The third-order valence-corrected chi connectivity index (χ3v) is 5.80. The van der Waals surface area contributed by atoms with Gasteiger partial charge in [-0.05, 0) is 42.8 Å². The van der Waals surface area contributed by atoms with E-state index in [1.54, 1.807) is 18.2 Å². The Balaban J connectivity index is 1.69. The Bertz CT molecular complexity index is 1080. The summed E-state index contributed by atoms with van der Waals surface area (Å²) in [6, 6.07) is 20.3. The molecular weight excluding hydrogens is 396 g/mol. The minimum atomic E-state index is -3.72. The number of anilines is 1. The van der Waals surface area contributed by atoms with Gasteiger partial charge in [-0.15, -0.1) is 0 Å². The molecule has 0 saturated carbocycles. The molecule has 0 heterocycles. The maximum absolute atomic E-state index is 12.4. The molecule has 1 amide bonds. The van der Waals surface area contributed by atoms with Crippen LogP contribution in [-0.2, 0) is 16.6 Å². The molecule has 0 aromatic heterocycles. The maximum Gasteiger partial charge on any atom is 0.261 e. The second kappa shape index (κ2) is 8.46. The van der Waals surface area contributed by atoms with Crippen molar-refractivity contribution in [2.24, 2.45) is 0 Å². The fourth-order valence-corrected chi connectivity index (χ4v) is 3.90. The van der Waals surface area contributed by atoms with E-state index < -0.39 is 10.0 Å². The first-order chi connectivity index (χ1) is 13.3. The van der Waals surface area contributed by atoms with E-state index in [0.29, 0.717) is 6.54 Å². The monoisotopic (exact) mass is 414 g/mol. The average Bonchev–Trinajstić information content (AvgIpc) is 2.68. The third kappa shape index (κ3) is 4.91. The summed E-state index contributed by atoms with van der Waals surface area (Å²) in [6.45, 7) is 2.37. The fraction of sp³-hybridized carbons (Fsp3) is 0.0952.